The molecule has 1 spiro atoms. The number of piperazine rings is 1. The number of halogens is 2. The van der Waals surface area contributed by atoms with E-state index in [9.17, 15) is 4.39 Å². The van der Waals surface area contributed by atoms with E-state index in [0.29, 0.717) is 23.5 Å². The van der Waals surface area contributed by atoms with Gasteiger partial charge in [-0.25, -0.2) is 4.39 Å². The summed E-state index contributed by atoms with van der Waals surface area (Å²) < 4.78 is 13.5. The second kappa shape index (κ2) is 7.93. The molecule has 3 aliphatic rings. The van der Waals surface area contributed by atoms with E-state index < -0.39 is 0 Å². The van der Waals surface area contributed by atoms with Gasteiger partial charge in [-0.2, -0.15) is 0 Å². The van der Waals surface area contributed by atoms with Gasteiger partial charge in [-0.15, -0.1) is 0 Å². The quantitative estimate of drug-likeness (QED) is 0.560. The second-order valence-electron chi connectivity index (χ2n) is 9.82. The third-order valence-electron chi connectivity index (χ3n) is 7.85. The highest BCUT2D eigenvalue weighted by Gasteiger charge is 2.47. The van der Waals surface area contributed by atoms with Crippen LogP contribution in [0.2, 0.25) is 5.02 Å². The van der Waals surface area contributed by atoms with E-state index in [-0.39, 0.29) is 5.82 Å². The van der Waals surface area contributed by atoms with Crippen LogP contribution in [0.15, 0.2) is 42.5 Å². The summed E-state index contributed by atoms with van der Waals surface area (Å²) in [6, 6.07) is 14.5. The minimum absolute atomic E-state index is 0.169. The molecule has 0 N–H and O–H groups in total. The lowest BCUT2D eigenvalue weighted by molar-refractivity contribution is -0.0360. The highest BCUT2D eigenvalue weighted by Crippen LogP contribution is 2.50. The number of hydrogen-bond acceptors (Lipinski definition) is 2. The molecule has 2 nitrogen and oxygen atoms in total. The van der Waals surface area contributed by atoms with Gasteiger partial charge in [0, 0.05) is 48.2 Å². The lowest BCUT2D eigenvalue weighted by Crippen LogP contribution is -2.63. The fourth-order valence-corrected chi connectivity index (χ4v) is 6.74. The molecule has 1 saturated heterocycles. The van der Waals surface area contributed by atoms with Crippen LogP contribution >= 0.6 is 11.6 Å². The molecule has 2 aromatic rings. The third kappa shape index (κ3) is 3.49. The van der Waals surface area contributed by atoms with Crippen LogP contribution in [0.5, 0.6) is 0 Å². The zero-order chi connectivity index (χ0) is 20.9. The van der Waals surface area contributed by atoms with Gasteiger partial charge in [0.2, 0.25) is 0 Å². The fourth-order valence-electron chi connectivity index (χ4n) is 6.56. The maximum absolute atomic E-state index is 13.5. The largest absolute Gasteiger partial charge is 0.293 e. The summed E-state index contributed by atoms with van der Waals surface area (Å²) in [7, 11) is 0. The van der Waals surface area contributed by atoms with Crippen molar-refractivity contribution in [3.63, 3.8) is 0 Å². The van der Waals surface area contributed by atoms with Crippen LogP contribution in [0.4, 0.5) is 4.39 Å². The van der Waals surface area contributed by atoms with Crippen LogP contribution in [0, 0.1) is 5.82 Å². The third-order valence-corrected chi connectivity index (χ3v) is 8.08. The molecule has 0 aromatic heterocycles. The van der Waals surface area contributed by atoms with Crippen molar-refractivity contribution in [2.24, 2.45) is 0 Å². The van der Waals surface area contributed by atoms with Crippen LogP contribution in [-0.2, 0) is 0 Å². The summed E-state index contributed by atoms with van der Waals surface area (Å²) in [6.45, 7) is 8.10. The van der Waals surface area contributed by atoms with Crippen molar-refractivity contribution in [3.8, 4) is 0 Å². The molecule has 160 valence electrons. The van der Waals surface area contributed by atoms with Crippen LogP contribution in [0.3, 0.4) is 0 Å². The molecule has 2 atom stereocenters. The Morgan fingerprint density at radius 2 is 1.73 bits per heavy atom. The molecular formula is C26H32ClFN2. The SMILES string of the molecule is CC(C)N1CCN([C@H]2C[C@H](c3ccc(F)cc3)c3ccc(Cl)cc32)CC12CCCC2. The smallest absolute Gasteiger partial charge is 0.123 e. The van der Waals surface area contributed by atoms with E-state index in [4.69, 9.17) is 11.6 Å². The van der Waals surface area contributed by atoms with Crippen LogP contribution in [-0.4, -0.2) is 41.0 Å². The predicted molar refractivity (Wildman–Crippen MR) is 122 cm³/mol. The molecule has 0 unspecified atom stereocenters. The summed E-state index contributed by atoms with van der Waals surface area (Å²) in [4.78, 5) is 5.52. The van der Waals surface area contributed by atoms with E-state index in [1.54, 1.807) is 12.1 Å². The lowest BCUT2D eigenvalue weighted by atomic mass is 9.88. The van der Waals surface area contributed by atoms with Gasteiger partial charge in [0.1, 0.15) is 5.82 Å². The Labute approximate surface area is 185 Å². The van der Waals surface area contributed by atoms with Gasteiger partial charge >= 0.3 is 0 Å². The Bertz CT molecular complexity index is 904. The molecule has 1 saturated carbocycles. The van der Waals surface area contributed by atoms with Crippen LogP contribution < -0.4 is 0 Å². The summed E-state index contributed by atoms with van der Waals surface area (Å²) in [5.74, 6) is 0.142. The minimum Gasteiger partial charge on any atom is -0.293 e. The van der Waals surface area contributed by atoms with Crippen LogP contribution in [0.25, 0.3) is 0 Å². The summed E-state index contributed by atoms with van der Waals surface area (Å²) >= 11 is 6.45. The van der Waals surface area contributed by atoms with Gasteiger partial charge in [0.15, 0.2) is 0 Å². The molecule has 0 amide bonds. The maximum atomic E-state index is 13.5. The van der Waals surface area contributed by atoms with Crippen LogP contribution in [0.1, 0.15) is 74.6 Å². The van der Waals surface area contributed by atoms with E-state index in [0.717, 1.165) is 31.1 Å². The maximum Gasteiger partial charge on any atom is 0.123 e. The van der Waals surface area contributed by atoms with Crippen molar-refractivity contribution in [2.75, 3.05) is 19.6 Å². The van der Waals surface area contributed by atoms with Gasteiger partial charge in [0.25, 0.3) is 0 Å². The first kappa shape index (κ1) is 20.5. The molecule has 5 rings (SSSR count). The number of fused-ring (bicyclic) bond motifs is 1. The average Bonchev–Trinajstić information content (AvgIpc) is 3.33. The van der Waals surface area contributed by atoms with Crippen molar-refractivity contribution >= 4 is 11.6 Å². The molecule has 30 heavy (non-hydrogen) atoms. The molecule has 1 aliphatic heterocycles. The van der Waals surface area contributed by atoms with Crippen molar-refractivity contribution in [1.29, 1.82) is 0 Å². The van der Waals surface area contributed by atoms with Gasteiger partial charge < -0.3 is 0 Å². The number of hydrogen-bond donors (Lipinski definition) is 0. The van der Waals surface area contributed by atoms with E-state index in [1.807, 2.05) is 18.2 Å². The monoisotopic (exact) mass is 426 g/mol. The Hall–Kier alpha value is -1.42. The molecular weight excluding hydrogens is 395 g/mol. The number of nitrogens with zero attached hydrogens (tertiary/aromatic N) is 2. The Kier molecular flexibility index (Phi) is 5.41. The molecule has 1 heterocycles. The molecule has 2 fully saturated rings. The first-order valence-corrected chi connectivity index (χ1v) is 11.9. The summed E-state index contributed by atoms with van der Waals surface area (Å²) in [5, 5.41) is 0.815. The Balaban J connectivity index is 1.47. The molecule has 0 bridgehead atoms. The zero-order valence-corrected chi connectivity index (χ0v) is 18.8. The van der Waals surface area contributed by atoms with E-state index >= 15 is 0 Å². The van der Waals surface area contributed by atoms with Gasteiger partial charge in [0.05, 0.1) is 0 Å². The van der Waals surface area contributed by atoms with Crippen molar-refractivity contribution in [3.05, 3.63) is 70.0 Å². The molecule has 4 heteroatoms. The minimum atomic E-state index is -0.169. The highest BCUT2D eigenvalue weighted by atomic mass is 35.5. The first-order valence-electron chi connectivity index (χ1n) is 11.5. The topological polar surface area (TPSA) is 6.48 Å². The predicted octanol–water partition coefficient (Wildman–Crippen LogP) is 6.39. The standard InChI is InChI=1S/C26H32ClFN2/c1-18(2)30-14-13-29(17-26(30)11-3-4-12-26)25-16-23(19-5-8-21(28)9-6-19)22-10-7-20(27)15-24(22)25/h5-10,15,18,23,25H,3-4,11-14,16-17H2,1-2H3/t23-,25+/m1/s1. The van der Waals surface area contributed by atoms with Crippen molar-refractivity contribution in [2.45, 2.75) is 69.5 Å². The normalized spacial score (nSPS) is 26.6. The van der Waals surface area contributed by atoms with Crippen molar-refractivity contribution < 1.29 is 4.39 Å². The lowest BCUT2D eigenvalue weighted by Gasteiger charge is -2.53. The average molecular weight is 427 g/mol. The molecule has 2 aromatic carbocycles. The molecule has 2 aliphatic carbocycles. The van der Waals surface area contributed by atoms with Gasteiger partial charge in [-0.05, 0) is 74.1 Å². The van der Waals surface area contributed by atoms with Crippen molar-refractivity contribution in [1.82, 2.24) is 9.80 Å². The highest BCUT2D eigenvalue weighted by molar-refractivity contribution is 6.30. The first-order chi connectivity index (χ1) is 14.5. The van der Waals surface area contributed by atoms with Gasteiger partial charge in [-0.3, -0.25) is 9.80 Å². The Morgan fingerprint density at radius 1 is 1.00 bits per heavy atom. The fraction of sp³-hybridized carbons (Fsp3) is 0.538. The molecule has 0 radical (unpaired) electrons. The summed E-state index contributed by atoms with van der Waals surface area (Å²) in [5.41, 5.74) is 4.28. The van der Waals surface area contributed by atoms with Gasteiger partial charge in [-0.1, -0.05) is 42.6 Å². The Morgan fingerprint density at radius 3 is 2.43 bits per heavy atom. The van der Waals surface area contributed by atoms with E-state index in [2.05, 4.69) is 35.8 Å². The second-order valence-corrected chi connectivity index (χ2v) is 10.3. The van der Waals surface area contributed by atoms with E-state index in [1.165, 1.54) is 42.4 Å². The zero-order valence-electron chi connectivity index (χ0n) is 18.1. The number of rotatable bonds is 3. The number of benzene rings is 2. The summed E-state index contributed by atoms with van der Waals surface area (Å²) in [6.07, 6.45) is 6.39.